The minimum atomic E-state index is -0.264. The van der Waals surface area contributed by atoms with Gasteiger partial charge in [-0.15, -0.1) is 0 Å². The third-order valence-corrected chi connectivity index (χ3v) is 2.29. The highest BCUT2D eigenvalue weighted by Crippen LogP contribution is 2.24. The van der Waals surface area contributed by atoms with Gasteiger partial charge in [0, 0.05) is 5.56 Å². The fourth-order valence-corrected chi connectivity index (χ4v) is 1.30. The highest BCUT2D eigenvalue weighted by atomic mass is 16.3. The Balaban J connectivity index is 2.50. The first kappa shape index (κ1) is 12.5. The van der Waals surface area contributed by atoms with Crippen LogP contribution >= 0.6 is 0 Å². The van der Waals surface area contributed by atoms with Crippen LogP contribution in [0.15, 0.2) is 18.2 Å². The summed E-state index contributed by atoms with van der Waals surface area (Å²) >= 11 is 0. The van der Waals surface area contributed by atoms with Gasteiger partial charge in [0.15, 0.2) is 17.3 Å². The minimum absolute atomic E-state index is 0.0913. The van der Waals surface area contributed by atoms with Crippen LogP contribution in [0.4, 0.5) is 0 Å². The summed E-state index contributed by atoms with van der Waals surface area (Å²) in [6.07, 6.45) is 2.12. The van der Waals surface area contributed by atoms with Crippen LogP contribution in [0.25, 0.3) is 0 Å². The van der Waals surface area contributed by atoms with E-state index in [2.05, 4.69) is 12.2 Å². The molecule has 0 saturated carbocycles. The monoisotopic (exact) mass is 223 g/mol. The van der Waals surface area contributed by atoms with E-state index in [1.165, 1.54) is 18.2 Å². The average Bonchev–Trinajstić information content (AvgIpc) is 2.28. The van der Waals surface area contributed by atoms with Crippen molar-refractivity contribution < 1.29 is 15.0 Å². The number of aromatic hydroxyl groups is 2. The molecule has 88 valence electrons. The van der Waals surface area contributed by atoms with Gasteiger partial charge >= 0.3 is 0 Å². The number of unbranched alkanes of at least 4 members (excludes halogenated alkanes) is 1. The summed E-state index contributed by atoms with van der Waals surface area (Å²) in [6, 6.07) is 4.09. The summed E-state index contributed by atoms with van der Waals surface area (Å²) in [4.78, 5) is 11.6. The summed E-state index contributed by atoms with van der Waals surface area (Å²) < 4.78 is 0. The van der Waals surface area contributed by atoms with Gasteiger partial charge in [-0.05, 0) is 31.2 Å². The van der Waals surface area contributed by atoms with Gasteiger partial charge < -0.3 is 15.5 Å². The topological polar surface area (TPSA) is 69.6 Å². The van der Waals surface area contributed by atoms with E-state index in [9.17, 15) is 9.90 Å². The molecule has 0 amide bonds. The number of carbonyl (C=O) groups is 1. The molecule has 0 saturated heterocycles. The predicted molar refractivity (Wildman–Crippen MR) is 61.9 cm³/mol. The molecule has 4 heteroatoms. The van der Waals surface area contributed by atoms with Gasteiger partial charge in [0.1, 0.15) is 0 Å². The molecule has 0 heterocycles. The van der Waals surface area contributed by atoms with E-state index >= 15 is 0 Å². The highest BCUT2D eigenvalue weighted by Gasteiger charge is 2.07. The van der Waals surface area contributed by atoms with Crippen molar-refractivity contribution in [2.45, 2.75) is 19.8 Å². The van der Waals surface area contributed by atoms with E-state index in [1.807, 2.05) is 0 Å². The van der Waals surface area contributed by atoms with Gasteiger partial charge in [-0.3, -0.25) is 4.79 Å². The number of benzene rings is 1. The molecule has 0 aromatic heterocycles. The molecule has 3 N–H and O–H groups in total. The van der Waals surface area contributed by atoms with Crippen molar-refractivity contribution >= 4 is 5.78 Å². The van der Waals surface area contributed by atoms with Crippen molar-refractivity contribution in [2.24, 2.45) is 0 Å². The van der Waals surface area contributed by atoms with Gasteiger partial charge in [-0.1, -0.05) is 13.3 Å². The van der Waals surface area contributed by atoms with Gasteiger partial charge in [0.2, 0.25) is 0 Å². The molecular weight excluding hydrogens is 206 g/mol. The molecular formula is C12H17NO3. The highest BCUT2D eigenvalue weighted by molar-refractivity contribution is 5.98. The molecule has 1 rings (SSSR count). The Labute approximate surface area is 94.9 Å². The van der Waals surface area contributed by atoms with Crippen LogP contribution in [0.2, 0.25) is 0 Å². The molecule has 4 nitrogen and oxygen atoms in total. The van der Waals surface area contributed by atoms with Crippen molar-refractivity contribution in [3.05, 3.63) is 23.8 Å². The summed E-state index contributed by atoms with van der Waals surface area (Å²) in [6.45, 7) is 3.15. The maximum Gasteiger partial charge on any atom is 0.176 e. The quantitative estimate of drug-likeness (QED) is 0.390. The minimum Gasteiger partial charge on any atom is -0.504 e. The molecule has 0 aliphatic rings. The molecule has 16 heavy (non-hydrogen) atoms. The Hall–Kier alpha value is -1.55. The number of phenols is 2. The number of Topliss-reactive ketones (excluding diaryl/α,β-unsaturated/α-hetero) is 1. The second-order valence-electron chi connectivity index (χ2n) is 3.66. The number of carbonyl (C=O) groups excluding carboxylic acids is 1. The zero-order valence-electron chi connectivity index (χ0n) is 9.36. The molecule has 0 radical (unpaired) electrons. The van der Waals surface area contributed by atoms with E-state index in [1.54, 1.807) is 0 Å². The number of ketones is 1. The normalized spacial score (nSPS) is 10.3. The predicted octanol–water partition coefficient (Wildman–Crippen LogP) is 1.67. The SMILES string of the molecule is CCCCNCC(=O)c1ccc(O)c(O)c1. The summed E-state index contributed by atoms with van der Waals surface area (Å²) in [7, 11) is 0. The molecule has 0 bridgehead atoms. The molecule has 0 fully saturated rings. The maximum absolute atomic E-state index is 11.6. The summed E-state index contributed by atoms with van der Waals surface area (Å²) in [5, 5.41) is 21.4. The first-order valence-corrected chi connectivity index (χ1v) is 5.41. The van der Waals surface area contributed by atoms with Crippen LogP contribution in [0.3, 0.4) is 0 Å². The largest absolute Gasteiger partial charge is 0.504 e. The Kier molecular flexibility index (Phi) is 4.79. The van der Waals surface area contributed by atoms with Crippen molar-refractivity contribution in [1.29, 1.82) is 0 Å². The van der Waals surface area contributed by atoms with E-state index in [0.717, 1.165) is 19.4 Å². The van der Waals surface area contributed by atoms with Crippen molar-refractivity contribution in [1.82, 2.24) is 5.32 Å². The molecule has 0 spiro atoms. The first-order valence-electron chi connectivity index (χ1n) is 5.41. The Bertz CT molecular complexity index is 363. The fraction of sp³-hybridized carbons (Fsp3) is 0.417. The summed E-state index contributed by atoms with van der Waals surface area (Å²) in [5.41, 5.74) is 0.402. The molecule has 1 aromatic rings. The molecule has 0 atom stereocenters. The van der Waals surface area contributed by atoms with E-state index in [-0.39, 0.29) is 23.8 Å². The molecule has 0 unspecified atom stereocenters. The Morgan fingerprint density at radius 3 is 2.69 bits per heavy atom. The van der Waals surface area contributed by atoms with Crippen LogP contribution < -0.4 is 5.32 Å². The third-order valence-electron chi connectivity index (χ3n) is 2.29. The lowest BCUT2D eigenvalue weighted by atomic mass is 10.1. The van der Waals surface area contributed by atoms with E-state index in [0.29, 0.717) is 5.56 Å². The van der Waals surface area contributed by atoms with Crippen molar-refractivity contribution in [3.63, 3.8) is 0 Å². The molecule has 0 aliphatic carbocycles. The fourth-order valence-electron chi connectivity index (χ4n) is 1.30. The molecule has 0 aliphatic heterocycles. The van der Waals surface area contributed by atoms with Crippen LogP contribution in [-0.4, -0.2) is 29.1 Å². The van der Waals surface area contributed by atoms with Crippen LogP contribution in [0, 0.1) is 0 Å². The Morgan fingerprint density at radius 2 is 2.06 bits per heavy atom. The lowest BCUT2D eigenvalue weighted by molar-refractivity contribution is 0.0991. The Morgan fingerprint density at radius 1 is 1.31 bits per heavy atom. The van der Waals surface area contributed by atoms with Gasteiger partial charge in [0.25, 0.3) is 0 Å². The lowest BCUT2D eigenvalue weighted by Crippen LogP contribution is -2.23. The lowest BCUT2D eigenvalue weighted by Gasteiger charge is -2.04. The van der Waals surface area contributed by atoms with Crippen molar-refractivity contribution in [3.8, 4) is 11.5 Å². The maximum atomic E-state index is 11.6. The van der Waals surface area contributed by atoms with E-state index < -0.39 is 0 Å². The second kappa shape index (κ2) is 6.12. The first-order chi connectivity index (χ1) is 7.65. The van der Waals surface area contributed by atoms with Gasteiger partial charge in [0.05, 0.1) is 6.54 Å². The molecule has 1 aromatic carbocycles. The van der Waals surface area contributed by atoms with Gasteiger partial charge in [-0.2, -0.15) is 0 Å². The van der Waals surface area contributed by atoms with Gasteiger partial charge in [-0.25, -0.2) is 0 Å². The standard InChI is InChI=1S/C12H17NO3/c1-2-3-6-13-8-12(16)9-4-5-10(14)11(15)7-9/h4-5,7,13-15H,2-3,6,8H2,1H3. The number of hydrogen-bond acceptors (Lipinski definition) is 4. The zero-order valence-corrected chi connectivity index (χ0v) is 9.36. The van der Waals surface area contributed by atoms with Crippen LogP contribution in [0.5, 0.6) is 11.5 Å². The van der Waals surface area contributed by atoms with Crippen LogP contribution in [0.1, 0.15) is 30.1 Å². The number of nitrogens with one attached hydrogen (secondary N) is 1. The summed E-state index contributed by atoms with van der Waals surface area (Å²) in [5.74, 6) is -0.568. The van der Waals surface area contributed by atoms with Crippen molar-refractivity contribution in [2.75, 3.05) is 13.1 Å². The van der Waals surface area contributed by atoms with E-state index in [4.69, 9.17) is 5.11 Å². The smallest absolute Gasteiger partial charge is 0.176 e. The number of phenolic OH excluding ortho intramolecular Hbond substituents is 2. The average molecular weight is 223 g/mol. The second-order valence-corrected chi connectivity index (χ2v) is 3.66. The third kappa shape index (κ3) is 3.55. The number of rotatable bonds is 6. The van der Waals surface area contributed by atoms with Crippen LogP contribution in [-0.2, 0) is 0 Å². The zero-order chi connectivity index (χ0) is 12.0. The number of hydrogen-bond donors (Lipinski definition) is 3.